The standard InChI is InChI=1S/C19H39N3O2/c1-3-20-19(21-13-7-8-15-24-17-16-23-2)22-14-9-12-18-10-5-4-6-11-18/h18H,3-17H2,1-2H3,(H2,20,21,22). The first kappa shape index (κ1) is 21.2. The van der Waals surface area contributed by atoms with Gasteiger partial charge < -0.3 is 20.1 Å². The van der Waals surface area contributed by atoms with Crippen LogP contribution in [0.1, 0.15) is 64.7 Å². The molecule has 1 aliphatic carbocycles. The minimum atomic E-state index is 0.677. The Hall–Kier alpha value is -0.810. The van der Waals surface area contributed by atoms with Gasteiger partial charge in [-0.15, -0.1) is 0 Å². The normalized spacial score (nSPS) is 16.3. The first-order valence-corrected chi connectivity index (χ1v) is 9.95. The highest BCUT2D eigenvalue weighted by atomic mass is 16.5. The first-order chi connectivity index (χ1) is 11.9. The average molecular weight is 342 g/mol. The summed E-state index contributed by atoms with van der Waals surface area (Å²) >= 11 is 0. The van der Waals surface area contributed by atoms with Gasteiger partial charge in [-0.05, 0) is 38.5 Å². The van der Waals surface area contributed by atoms with Gasteiger partial charge in [0.2, 0.25) is 0 Å². The van der Waals surface area contributed by atoms with Crippen LogP contribution in [0.5, 0.6) is 0 Å². The smallest absolute Gasteiger partial charge is 0.191 e. The Bertz CT molecular complexity index is 305. The van der Waals surface area contributed by atoms with Crippen LogP contribution in [-0.2, 0) is 9.47 Å². The molecule has 0 aromatic carbocycles. The van der Waals surface area contributed by atoms with Crippen molar-refractivity contribution in [2.75, 3.05) is 46.6 Å². The maximum atomic E-state index is 5.47. The van der Waals surface area contributed by atoms with Crippen LogP contribution in [0.15, 0.2) is 4.99 Å². The second kappa shape index (κ2) is 15.7. The summed E-state index contributed by atoms with van der Waals surface area (Å²) in [4.78, 5) is 4.70. The number of hydrogen-bond acceptors (Lipinski definition) is 3. The molecule has 0 saturated heterocycles. The van der Waals surface area contributed by atoms with E-state index >= 15 is 0 Å². The van der Waals surface area contributed by atoms with E-state index in [0.29, 0.717) is 13.2 Å². The van der Waals surface area contributed by atoms with Gasteiger partial charge >= 0.3 is 0 Å². The lowest BCUT2D eigenvalue weighted by Gasteiger charge is -2.20. The molecule has 5 heteroatoms. The summed E-state index contributed by atoms with van der Waals surface area (Å²) in [5.74, 6) is 1.92. The van der Waals surface area contributed by atoms with E-state index in [1.807, 2.05) is 0 Å². The monoisotopic (exact) mass is 341 g/mol. The molecule has 0 radical (unpaired) electrons. The Balaban J connectivity index is 2.04. The van der Waals surface area contributed by atoms with Crippen molar-refractivity contribution in [2.24, 2.45) is 10.9 Å². The van der Waals surface area contributed by atoms with Gasteiger partial charge in [-0.1, -0.05) is 32.1 Å². The number of aliphatic imine (C=N–C) groups is 1. The topological polar surface area (TPSA) is 54.9 Å². The third kappa shape index (κ3) is 11.7. The zero-order valence-electron chi connectivity index (χ0n) is 15.9. The minimum absolute atomic E-state index is 0.677. The first-order valence-electron chi connectivity index (χ1n) is 9.95. The van der Waals surface area contributed by atoms with Crippen molar-refractivity contribution in [2.45, 2.75) is 64.7 Å². The van der Waals surface area contributed by atoms with Crippen LogP contribution in [0.25, 0.3) is 0 Å². The Labute approximate surface area is 149 Å². The van der Waals surface area contributed by atoms with Gasteiger partial charge in [-0.2, -0.15) is 0 Å². The Kier molecular flexibility index (Phi) is 13.9. The highest BCUT2D eigenvalue weighted by Crippen LogP contribution is 2.27. The molecule has 24 heavy (non-hydrogen) atoms. The van der Waals surface area contributed by atoms with Crippen LogP contribution >= 0.6 is 0 Å². The van der Waals surface area contributed by atoms with E-state index in [9.17, 15) is 0 Å². The van der Waals surface area contributed by atoms with Gasteiger partial charge in [0, 0.05) is 33.4 Å². The predicted molar refractivity (Wildman–Crippen MR) is 102 cm³/mol. The van der Waals surface area contributed by atoms with E-state index in [0.717, 1.165) is 51.0 Å². The summed E-state index contributed by atoms with van der Waals surface area (Å²) in [7, 11) is 1.70. The van der Waals surface area contributed by atoms with E-state index in [2.05, 4.69) is 17.6 Å². The highest BCUT2D eigenvalue weighted by molar-refractivity contribution is 5.79. The molecule has 0 bridgehead atoms. The lowest BCUT2D eigenvalue weighted by molar-refractivity contribution is 0.0689. The molecule has 0 aromatic rings. The molecule has 0 amide bonds. The van der Waals surface area contributed by atoms with Crippen molar-refractivity contribution in [1.82, 2.24) is 10.6 Å². The number of rotatable bonds is 13. The van der Waals surface area contributed by atoms with Gasteiger partial charge in [0.15, 0.2) is 5.96 Å². The number of unbranched alkanes of at least 4 members (excludes halogenated alkanes) is 1. The minimum Gasteiger partial charge on any atom is -0.382 e. The van der Waals surface area contributed by atoms with E-state index in [-0.39, 0.29) is 0 Å². The molecule has 1 fully saturated rings. The molecule has 5 nitrogen and oxygen atoms in total. The van der Waals surface area contributed by atoms with Crippen LogP contribution < -0.4 is 10.6 Å². The third-order valence-corrected chi connectivity index (χ3v) is 4.55. The maximum absolute atomic E-state index is 5.47. The molecule has 0 atom stereocenters. The molecule has 0 aliphatic heterocycles. The SMILES string of the molecule is CCNC(=NCCCC1CCCCC1)NCCCCOCCOC. The molecule has 0 heterocycles. The number of guanidine groups is 1. The fourth-order valence-corrected chi connectivity index (χ4v) is 3.17. The number of hydrogen-bond donors (Lipinski definition) is 2. The van der Waals surface area contributed by atoms with Gasteiger partial charge in [0.25, 0.3) is 0 Å². The zero-order chi connectivity index (χ0) is 17.3. The van der Waals surface area contributed by atoms with E-state index in [4.69, 9.17) is 14.5 Å². The van der Waals surface area contributed by atoms with Crippen LogP contribution in [0.3, 0.4) is 0 Å². The molecule has 142 valence electrons. The van der Waals surface area contributed by atoms with Crippen molar-refractivity contribution in [3.8, 4) is 0 Å². The molecular weight excluding hydrogens is 302 g/mol. The van der Waals surface area contributed by atoms with Gasteiger partial charge in [0.1, 0.15) is 0 Å². The second-order valence-corrected chi connectivity index (χ2v) is 6.65. The summed E-state index contributed by atoms with van der Waals surface area (Å²) in [5.41, 5.74) is 0. The fourth-order valence-electron chi connectivity index (χ4n) is 3.17. The summed E-state index contributed by atoms with van der Waals surface area (Å²) in [5, 5.41) is 6.75. The van der Waals surface area contributed by atoms with Gasteiger partial charge in [0.05, 0.1) is 13.2 Å². The van der Waals surface area contributed by atoms with Crippen molar-refractivity contribution >= 4 is 5.96 Å². The van der Waals surface area contributed by atoms with Crippen LogP contribution in [0.4, 0.5) is 0 Å². The summed E-state index contributed by atoms with van der Waals surface area (Å²) in [6.45, 7) is 7.08. The summed E-state index contributed by atoms with van der Waals surface area (Å²) < 4.78 is 10.4. The molecule has 0 aromatic heterocycles. The van der Waals surface area contributed by atoms with Crippen LogP contribution in [-0.4, -0.2) is 52.5 Å². The van der Waals surface area contributed by atoms with Crippen molar-refractivity contribution in [1.29, 1.82) is 0 Å². The van der Waals surface area contributed by atoms with Crippen molar-refractivity contribution < 1.29 is 9.47 Å². The third-order valence-electron chi connectivity index (χ3n) is 4.55. The van der Waals surface area contributed by atoms with Gasteiger partial charge in [-0.25, -0.2) is 0 Å². The van der Waals surface area contributed by atoms with E-state index < -0.39 is 0 Å². The quantitative estimate of drug-likeness (QED) is 0.306. The predicted octanol–water partition coefficient (Wildman–Crippen LogP) is 3.35. The molecular formula is C19H39N3O2. The molecule has 1 aliphatic rings. The van der Waals surface area contributed by atoms with Gasteiger partial charge in [-0.3, -0.25) is 4.99 Å². The second-order valence-electron chi connectivity index (χ2n) is 6.65. The number of nitrogens with zero attached hydrogens (tertiary/aromatic N) is 1. The summed E-state index contributed by atoms with van der Waals surface area (Å²) in [6, 6.07) is 0. The van der Waals surface area contributed by atoms with Crippen molar-refractivity contribution in [3.05, 3.63) is 0 Å². The molecule has 0 spiro atoms. The Morgan fingerprint density at radius 3 is 2.58 bits per heavy atom. The summed E-state index contributed by atoms with van der Waals surface area (Å²) in [6.07, 6.45) is 11.9. The highest BCUT2D eigenvalue weighted by Gasteiger charge is 2.12. The zero-order valence-corrected chi connectivity index (χ0v) is 15.9. The molecule has 2 N–H and O–H groups in total. The maximum Gasteiger partial charge on any atom is 0.191 e. The van der Waals surface area contributed by atoms with Crippen LogP contribution in [0, 0.1) is 5.92 Å². The molecule has 1 rings (SSSR count). The molecule has 1 saturated carbocycles. The Morgan fingerprint density at radius 1 is 1.00 bits per heavy atom. The van der Waals surface area contributed by atoms with E-state index in [1.54, 1.807) is 7.11 Å². The fraction of sp³-hybridized carbons (Fsp3) is 0.947. The molecule has 0 unspecified atom stereocenters. The Morgan fingerprint density at radius 2 is 1.83 bits per heavy atom. The average Bonchev–Trinajstić information content (AvgIpc) is 2.61. The van der Waals surface area contributed by atoms with Crippen LogP contribution in [0.2, 0.25) is 0 Å². The lowest BCUT2D eigenvalue weighted by Crippen LogP contribution is -2.38. The lowest BCUT2D eigenvalue weighted by atomic mass is 9.86. The number of nitrogens with one attached hydrogen (secondary N) is 2. The largest absolute Gasteiger partial charge is 0.382 e. The number of methoxy groups -OCH3 is 1. The number of ether oxygens (including phenoxy) is 2. The van der Waals surface area contributed by atoms with Crippen molar-refractivity contribution in [3.63, 3.8) is 0 Å². The van der Waals surface area contributed by atoms with E-state index in [1.165, 1.54) is 44.9 Å².